The molecular formula is C26H37NO3. The van der Waals surface area contributed by atoms with Gasteiger partial charge in [-0.3, -0.25) is 4.79 Å². The summed E-state index contributed by atoms with van der Waals surface area (Å²) in [6.45, 7) is 3.10. The van der Waals surface area contributed by atoms with Crippen LogP contribution in [0.2, 0.25) is 0 Å². The molecule has 0 bridgehead atoms. The molecule has 0 spiro atoms. The lowest BCUT2D eigenvalue weighted by molar-refractivity contribution is -0.134. The highest BCUT2D eigenvalue weighted by Crippen LogP contribution is 2.24. The van der Waals surface area contributed by atoms with Crippen molar-refractivity contribution in [1.29, 1.82) is 0 Å². The van der Waals surface area contributed by atoms with Crippen LogP contribution in [0.15, 0.2) is 59.5 Å². The summed E-state index contributed by atoms with van der Waals surface area (Å²) in [7, 11) is 0. The van der Waals surface area contributed by atoms with Gasteiger partial charge in [-0.2, -0.15) is 0 Å². The average Bonchev–Trinajstić information content (AvgIpc) is 2.75. The van der Waals surface area contributed by atoms with Crippen LogP contribution in [0.3, 0.4) is 0 Å². The summed E-state index contributed by atoms with van der Waals surface area (Å²) in [4.78, 5) is 25.9. The Morgan fingerprint density at radius 1 is 0.833 bits per heavy atom. The van der Waals surface area contributed by atoms with E-state index in [1.54, 1.807) is 12.2 Å². The molecule has 0 unspecified atom stereocenters. The number of nitrogens with zero attached hydrogens (tertiary/aromatic N) is 1. The van der Waals surface area contributed by atoms with Gasteiger partial charge in [0.1, 0.15) is 5.57 Å². The Bertz CT molecular complexity index is 725. The van der Waals surface area contributed by atoms with E-state index >= 15 is 0 Å². The fourth-order valence-corrected chi connectivity index (χ4v) is 3.95. The van der Waals surface area contributed by atoms with Crippen LogP contribution >= 0.6 is 0 Å². The van der Waals surface area contributed by atoms with Gasteiger partial charge < -0.3 is 10.0 Å². The van der Waals surface area contributed by atoms with E-state index < -0.39 is 11.8 Å². The Morgan fingerprint density at radius 2 is 1.43 bits per heavy atom. The van der Waals surface area contributed by atoms with E-state index in [9.17, 15) is 14.7 Å². The van der Waals surface area contributed by atoms with Crippen molar-refractivity contribution in [2.75, 3.05) is 6.54 Å². The van der Waals surface area contributed by atoms with Gasteiger partial charge in [0, 0.05) is 18.3 Å². The molecule has 4 nitrogen and oxygen atoms in total. The molecule has 30 heavy (non-hydrogen) atoms. The first kappa shape index (κ1) is 23.9. The highest BCUT2D eigenvalue weighted by molar-refractivity contribution is 6.25. The molecule has 0 radical (unpaired) electrons. The van der Waals surface area contributed by atoms with Crippen molar-refractivity contribution in [3.63, 3.8) is 0 Å². The van der Waals surface area contributed by atoms with Gasteiger partial charge in [0.15, 0.2) is 0 Å². The van der Waals surface area contributed by atoms with E-state index in [1.807, 2.05) is 24.4 Å². The van der Waals surface area contributed by atoms with Gasteiger partial charge in [-0.25, -0.2) is 4.79 Å². The summed E-state index contributed by atoms with van der Waals surface area (Å²) in [6.07, 6.45) is 28.1. The molecule has 0 saturated carbocycles. The van der Waals surface area contributed by atoms with E-state index in [0.29, 0.717) is 5.57 Å². The zero-order chi connectivity index (χ0) is 21.6. The minimum absolute atomic E-state index is 0.173. The number of unbranched alkanes of at least 4 members (excludes halogenated alkanes) is 11. The third kappa shape index (κ3) is 7.81. The minimum Gasteiger partial charge on any atom is -0.478 e. The van der Waals surface area contributed by atoms with Crippen LogP contribution in [0.4, 0.5) is 0 Å². The topological polar surface area (TPSA) is 57.6 Å². The molecule has 1 heterocycles. The summed E-state index contributed by atoms with van der Waals surface area (Å²) in [5.74, 6) is -1.59. The Hall–Kier alpha value is -2.36. The Kier molecular flexibility index (Phi) is 11.0. The molecular weight excluding hydrogens is 374 g/mol. The molecule has 2 rings (SSSR count). The van der Waals surface area contributed by atoms with E-state index in [1.165, 1.54) is 76.7 Å². The maximum atomic E-state index is 12.5. The number of rotatable bonds is 14. The van der Waals surface area contributed by atoms with Gasteiger partial charge in [-0.05, 0) is 30.7 Å². The minimum atomic E-state index is -1.18. The van der Waals surface area contributed by atoms with Crippen LogP contribution in [0.1, 0.15) is 84.0 Å². The number of carbonyl (C=O) groups is 2. The molecule has 0 atom stereocenters. The molecule has 4 heteroatoms. The van der Waals surface area contributed by atoms with Crippen LogP contribution in [0, 0.1) is 0 Å². The second-order valence-electron chi connectivity index (χ2n) is 8.16. The van der Waals surface area contributed by atoms with Crippen LogP contribution in [-0.4, -0.2) is 28.3 Å². The normalized spacial score (nSPS) is 18.2. The molecule has 164 valence electrons. The molecule has 0 aromatic rings. The van der Waals surface area contributed by atoms with E-state index in [4.69, 9.17) is 0 Å². The summed E-state index contributed by atoms with van der Waals surface area (Å²) in [5.41, 5.74) is 1.07. The van der Waals surface area contributed by atoms with Crippen molar-refractivity contribution in [2.45, 2.75) is 84.0 Å². The number of ketones is 1. The molecule has 0 aromatic heterocycles. The molecule has 1 N–H and O–H groups in total. The predicted octanol–water partition coefficient (Wildman–Crippen LogP) is 6.48. The first-order valence-corrected chi connectivity index (χ1v) is 11.7. The Balaban J connectivity index is 1.69. The monoisotopic (exact) mass is 411 g/mol. The molecule has 0 aromatic carbocycles. The van der Waals surface area contributed by atoms with Crippen LogP contribution < -0.4 is 0 Å². The largest absolute Gasteiger partial charge is 0.478 e. The molecule has 1 aliphatic heterocycles. The van der Waals surface area contributed by atoms with Crippen molar-refractivity contribution in [3.05, 3.63) is 59.5 Å². The lowest BCUT2D eigenvalue weighted by atomic mass is 9.95. The van der Waals surface area contributed by atoms with Crippen molar-refractivity contribution in [1.82, 2.24) is 4.90 Å². The van der Waals surface area contributed by atoms with Gasteiger partial charge in [0.25, 0.3) is 0 Å². The first-order chi connectivity index (χ1) is 14.6. The third-order valence-electron chi connectivity index (χ3n) is 5.71. The second kappa shape index (κ2) is 13.8. The summed E-state index contributed by atoms with van der Waals surface area (Å²) in [6, 6.07) is 0. The van der Waals surface area contributed by atoms with E-state index in [-0.39, 0.29) is 5.57 Å². The zero-order valence-electron chi connectivity index (χ0n) is 18.4. The smallest absolute Gasteiger partial charge is 0.339 e. The maximum Gasteiger partial charge on any atom is 0.339 e. The number of allylic oxidation sites excluding steroid dienone is 7. The van der Waals surface area contributed by atoms with Gasteiger partial charge >= 0.3 is 5.97 Å². The number of carboxylic acids is 1. The molecule has 0 amide bonds. The van der Waals surface area contributed by atoms with Gasteiger partial charge in [-0.1, -0.05) is 89.7 Å². The van der Waals surface area contributed by atoms with E-state index in [0.717, 1.165) is 18.7 Å². The number of Topliss-reactive ketones (excluding diaryl/α,β-unsaturated/α-hetero) is 1. The van der Waals surface area contributed by atoms with Crippen molar-refractivity contribution in [3.8, 4) is 0 Å². The summed E-state index contributed by atoms with van der Waals surface area (Å²) in [5, 5.41) is 9.23. The number of hydrogen-bond donors (Lipinski definition) is 1. The third-order valence-corrected chi connectivity index (χ3v) is 5.71. The lowest BCUT2D eigenvalue weighted by Gasteiger charge is -2.26. The zero-order valence-corrected chi connectivity index (χ0v) is 18.4. The Labute approximate surface area is 181 Å². The van der Waals surface area contributed by atoms with Crippen LogP contribution in [0.5, 0.6) is 0 Å². The lowest BCUT2D eigenvalue weighted by Crippen LogP contribution is -2.24. The van der Waals surface area contributed by atoms with Gasteiger partial charge in [0.2, 0.25) is 5.78 Å². The van der Waals surface area contributed by atoms with Crippen molar-refractivity contribution < 1.29 is 14.7 Å². The summed E-state index contributed by atoms with van der Waals surface area (Å²) >= 11 is 0. The predicted molar refractivity (Wildman–Crippen MR) is 123 cm³/mol. The van der Waals surface area contributed by atoms with Crippen molar-refractivity contribution in [2.24, 2.45) is 0 Å². The fourth-order valence-electron chi connectivity index (χ4n) is 3.95. The maximum absolute atomic E-state index is 12.5. The van der Waals surface area contributed by atoms with Gasteiger partial charge in [0.05, 0.1) is 5.70 Å². The number of carboxylic acid groups (broad SMARTS) is 1. The van der Waals surface area contributed by atoms with Gasteiger partial charge in [-0.15, -0.1) is 0 Å². The molecule has 2 aliphatic rings. The second-order valence-corrected chi connectivity index (χ2v) is 8.16. The highest BCUT2D eigenvalue weighted by Gasteiger charge is 2.25. The van der Waals surface area contributed by atoms with Crippen LogP contribution in [-0.2, 0) is 9.59 Å². The van der Waals surface area contributed by atoms with E-state index in [2.05, 4.69) is 11.8 Å². The summed E-state index contributed by atoms with van der Waals surface area (Å²) < 4.78 is 0. The van der Waals surface area contributed by atoms with Crippen LogP contribution in [0.25, 0.3) is 0 Å². The Morgan fingerprint density at radius 3 is 2.03 bits per heavy atom. The molecule has 0 saturated heterocycles. The first-order valence-electron chi connectivity index (χ1n) is 11.7. The number of aliphatic carboxylic acids is 1. The quantitative estimate of drug-likeness (QED) is 0.202. The number of hydrogen-bond acceptors (Lipinski definition) is 3. The fraction of sp³-hybridized carbons (Fsp3) is 0.538. The molecule has 0 fully saturated rings. The molecule has 1 aliphatic carbocycles. The average molecular weight is 412 g/mol. The standard InChI is InChI=1S/C26H37NO3/c1-2-3-4-5-6-7-8-9-10-11-12-14-20-27-21-15-13-19-24(27)22-17-16-18-23(25(22)28)26(29)30/h13,15-19,21H,2-12,14,20H2,1H3,(H,29,30)/b24-22+. The number of carbonyl (C=O) groups excluding carboxylic acids is 1. The highest BCUT2D eigenvalue weighted by atomic mass is 16.4. The SMILES string of the molecule is CCCCCCCCCCCCCCN1C=CC=C/C1=C1/C=CC=C(C(=O)O)C1=O. The van der Waals surface area contributed by atoms with Crippen molar-refractivity contribution >= 4 is 11.8 Å².